The van der Waals surface area contributed by atoms with Crippen molar-refractivity contribution in [2.75, 3.05) is 11.9 Å². The second-order valence-corrected chi connectivity index (χ2v) is 5.36. The van der Waals surface area contributed by atoms with E-state index in [0.717, 1.165) is 0 Å². The van der Waals surface area contributed by atoms with Crippen LogP contribution < -0.4 is 5.32 Å². The lowest BCUT2D eigenvalue weighted by Crippen LogP contribution is -2.32. The molecule has 0 aliphatic carbocycles. The van der Waals surface area contributed by atoms with E-state index in [1.165, 1.54) is 0 Å². The number of rotatable bonds is 5. The summed E-state index contributed by atoms with van der Waals surface area (Å²) in [4.78, 5) is 15.6. The van der Waals surface area contributed by atoms with Crippen molar-refractivity contribution in [1.82, 2.24) is 4.98 Å². The van der Waals surface area contributed by atoms with E-state index in [-0.39, 0.29) is 17.7 Å². The van der Waals surface area contributed by atoms with E-state index < -0.39 is 5.97 Å². The SMILES string of the molecule is CC(C)(CCO)Nc1ccc2c(C(=O)O)cccc2n1. The highest BCUT2D eigenvalue weighted by Gasteiger charge is 2.17. The molecule has 0 fully saturated rings. The predicted octanol–water partition coefficient (Wildman–Crippen LogP) is 2.51. The van der Waals surface area contributed by atoms with Gasteiger partial charge in [0.1, 0.15) is 5.82 Å². The minimum Gasteiger partial charge on any atom is -0.478 e. The van der Waals surface area contributed by atoms with E-state index in [1.807, 2.05) is 13.8 Å². The quantitative estimate of drug-likeness (QED) is 0.780. The number of nitrogens with zero attached hydrogens (tertiary/aromatic N) is 1. The topological polar surface area (TPSA) is 82.5 Å². The van der Waals surface area contributed by atoms with Crippen LogP contribution >= 0.6 is 0 Å². The van der Waals surface area contributed by atoms with Crippen LogP contribution in [0.5, 0.6) is 0 Å². The van der Waals surface area contributed by atoms with Gasteiger partial charge in [0.25, 0.3) is 0 Å². The average Bonchev–Trinajstić information content (AvgIpc) is 2.36. The summed E-state index contributed by atoms with van der Waals surface area (Å²) in [7, 11) is 0. The first-order chi connectivity index (χ1) is 9.43. The zero-order chi connectivity index (χ0) is 14.8. The van der Waals surface area contributed by atoms with Crippen molar-refractivity contribution in [1.29, 1.82) is 0 Å². The van der Waals surface area contributed by atoms with Gasteiger partial charge < -0.3 is 15.5 Å². The molecule has 3 N–H and O–H groups in total. The number of anilines is 1. The third-order valence-corrected chi connectivity index (χ3v) is 3.17. The molecule has 0 spiro atoms. The number of pyridine rings is 1. The first kappa shape index (κ1) is 14.3. The lowest BCUT2D eigenvalue weighted by molar-refractivity contribution is 0.0699. The molecule has 0 aliphatic heterocycles. The molecule has 20 heavy (non-hydrogen) atoms. The zero-order valence-corrected chi connectivity index (χ0v) is 11.6. The average molecular weight is 274 g/mol. The fraction of sp³-hybridized carbons (Fsp3) is 0.333. The van der Waals surface area contributed by atoms with Crippen molar-refractivity contribution < 1.29 is 15.0 Å². The summed E-state index contributed by atoms with van der Waals surface area (Å²) >= 11 is 0. The lowest BCUT2D eigenvalue weighted by Gasteiger charge is -2.26. The minimum atomic E-state index is -0.960. The van der Waals surface area contributed by atoms with Crippen LogP contribution in [-0.2, 0) is 0 Å². The Kier molecular flexibility index (Phi) is 3.90. The molecule has 0 radical (unpaired) electrons. The Morgan fingerprint density at radius 1 is 1.30 bits per heavy atom. The number of aliphatic hydroxyl groups is 1. The van der Waals surface area contributed by atoms with Crippen LogP contribution in [0.1, 0.15) is 30.6 Å². The van der Waals surface area contributed by atoms with Gasteiger partial charge in [-0.1, -0.05) is 6.07 Å². The van der Waals surface area contributed by atoms with Crippen molar-refractivity contribution >= 4 is 22.7 Å². The Morgan fingerprint density at radius 3 is 2.70 bits per heavy atom. The normalized spacial score (nSPS) is 11.6. The standard InChI is InChI=1S/C15H18N2O3/c1-15(2,8-9-18)17-13-7-6-10-11(14(19)20)4-3-5-12(10)16-13/h3-7,18H,8-9H2,1-2H3,(H,16,17)(H,19,20). The lowest BCUT2D eigenvalue weighted by atomic mass is 10.0. The summed E-state index contributed by atoms with van der Waals surface area (Å²) in [6.07, 6.45) is 0.599. The molecule has 0 amide bonds. The van der Waals surface area contributed by atoms with Crippen LogP contribution in [-0.4, -0.2) is 33.3 Å². The smallest absolute Gasteiger partial charge is 0.336 e. The molecule has 106 valence electrons. The number of carbonyl (C=O) groups is 1. The monoisotopic (exact) mass is 274 g/mol. The third-order valence-electron chi connectivity index (χ3n) is 3.17. The number of hydrogen-bond acceptors (Lipinski definition) is 4. The largest absolute Gasteiger partial charge is 0.478 e. The van der Waals surface area contributed by atoms with E-state index in [9.17, 15) is 4.79 Å². The van der Waals surface area contributed by atoms with Gasteiger partial charge in [0, 0.05) is 17.5 Å². The third kappa shape index (κ3) is 3.05. The van der Waals surface area contributed by atoms with Gasteiger partial charge in [-0.15, -0.1) is 0 Å². The van der Waals surface area contributed by atoms with Crippen molar-refractivity contribution in [2.45, 2.75) is 25.8 Å². The number of carboxylic acid groups (broad SMARTS) is 1. The molecule has 0 atom stereocenters. The van der Waals surface area contributed by atoms with E-state index in [1.54, 1.807) is 30.3 Å². The molecule has 1 aromatic carbocycles. The number of nitrogens with one attached hydrogen (secondary N) is 1. The Hall–Kier alpha value is -2.14. The van der Waals surface area contributed by atoms with E-state index in [2.05, 4.69) is 10.3 Å². The molecule has 2 rings (SSSR count). The predicted molar refractivity (Wildman–Crippen MR) is 78.1 cm³/mol. The number of fused-ring (bicyclic) bond motifs is 1. The summed E-state index contributed by atoms with van der Waals surface area (Å²) in [5.41, 5.74) is 0.602. The number of aromatic carboxylic acids is 1. The van der Waals surface area contributed by atoms with E-state index in [0.29, 0.717) is 23.1 Å². The van der Waals surface area contributed by atoms with Crippen LogP contribution in [0, 0.1) is 0 Å². The maximum absolute atomic E-state index is 11.1. The van der Waals surface area contributed by atoms with Gasteiger partial charge in [0.15, 0.2) is 0 Å². The molecule has 5 heteroatoms. The molecule has 5 nitrogen and oxygen atoms in total. The molecule has 2 aromatic rings. The summed E-state index contributed by atoms with van der Waals surface area (Å²) in [5.74, 6) is -0.294. The second-order valence-electron chi connectivity index (χ2n) is 5.36. The van der Waals surface area contributed by atoms with Crippen LogP contribution in [0.2, 0.25) is 0 Å². The van der Waals surface area contributed by atoms with Crippen molar-refractivity contribution in [3.8, 4) is 0 Å². The number of aromatic nitrogens is 1. The van der Waals surface area contributed by atoms with Crippen LogP contribution in [0.25, 0.3) is 10.9 Å². The van der Waals surface area contributed by atoms with Crippen molar-refractivity contribution in [3.05, 3.63) is 35.9 Å². The van der Waals surface area contributed by atoms with Gasteiger partial charge in [0.05, 0.1) is 11.1 Å². The van der Waals surface area contributed by atoms with Crippen LogP contribution in [0.3, 0.4) is 0 Å². The minimum absolute atomic E-state index is 0.0940. The van der Waals surface area contributed by atoms with E-state index in [4.69, 9.17) is 10.2 Å². The van der Waals surface area contributed by atoms with Gasteiger partial charge in [-0.25, -0.2) is 9.78 Å². The molecule has 0 bridgehead atoms. The number of hydrogen-bond donors (Lipinski definition) is 3. The first-order valence-corrected chi connectivity index (χ1v) is 6.45. The number of carboxylic acids is 1. The molecular weight excluding hydrogens is 256 g/mol. The Balaban J connectivity index is 2.38. The van der Waals surface area contributed by atoms with Gasteiger partial charge in [-0.3, -0.25) is 0 Å². The maximum atomic E-state index is 11.1. The molecule has 0 unspecified atom stereocenters. The van der Waals surface area contributed by atoms with Gasteiger partial charge in [0.2, 0.25) is 0 Å². The van der Waals surface area contributed by atoms with Gasteiger partial charge >= 0.3 is 5.97 Å². The molecule has 0 saturated heterocycles. The van der Waals surface area contributed by atoms with Gasteiger partial charge in [-0.2, -0.15) is 0 Å². The fourth-order valence-corrected chi connectivity index (χ4v) is 2.10. The summed E-state index contributed by atoms with van der Waals surface area (Å²) in [5, 5.41) is 22.0. The van der Waals surface area contributed by atoms with Crippen LogP contribution in [0.4, 0.5) is 5.82 Å². The van der Waals surface area contributed by atoms with Crippen molar-refractivity contribution in [2.24, 2.45) is 0 Å². The molecular formula is C15H18N2O3. The van der Waals surface area contributed by atoms with Crippen molar-refractivity contribution in [3.63, 3.8) is 0 Å². The highest BCUT2D eigenvalue weighted by atomic mass is 16.4. The summed E-state index contributed by atoms with van der Waals surface area (Å²) in [6, 6.07) is 8.54. The Labute approximate surface area is 117 Å². The molecule has 1 heterocycles. The van der Waals surface area contributed by atoms with E-state index >= 15 is 0 Å². The Bertz CT molecular complexity index is 638. The van der Waals surface area contributed by atoms with Crippen LogP contribution in [0.15, 0.2) is 30.3 Å². The summed E-state index contributed by atoms with van der Waals surface area (Å²) < 4.78 is 0. The molecule has 0 aliphatic rings. The summed E-state index contributed by atoms with van der Waals surface area (Å²) in [6.45, 7) is 4.04. The highest BCUT2D eigenvalue weighted by molar-refractivity contribution is 6.02. The zero-order valence-electron chi connectivity index (χ0n) is 11.6. The second kappa shape index (κ2) is 5.46. The first-order valence-electron chi connectivity index (χ1n) is 6.45. The number of aliphatic hydroxyl groups excluding tert-OH is 1. The number of benzene rings is 1. The van der Waals surface area contributed by atoms with Gasteiger partial charge in [-0.05, 0) is 44.5 Å². The fourth-order valence-electron chi connectivity index (χ4n) is 2.10. The highest BCUT2D eigenvalue weighted by Crippen LogP contribution is 2.22. The molecule has 1 aromatic heterocycles. The molecule has 0 saturated carbocycles. The Morgan fingerprint density at radius 2 is 2.05 bits per heavy atom. The maximum Gasteiger partial charge on any atom is 0.336 e.